The van der Waals surface area contributed by atoms with Crippen LogP contribution in [0.2, 0.25) is 0 Å². The van der Waals surface area contributed by atoms with E-state index in [-0.39, 0.29) is 0 Å². The molecule has 2 heterocycles. The lowest BCUT2D eigenvalue weighted by Crippen LogP contribution is -2.28. The van der Waals surface area contributed by atoms with Crippen molar-refractivity contribution in [1.29, 1.82) is 0 Å². The first-order chi connectivity index (χ1) is 14.7. The first kappa shape index (κ1) is 21.8. The van der Waals surface area contributed by atoms with E-state index in [1.54, 1.807) is 18.4 Å². The fourth-order valence-electron chi connectivity index (χ4n) is 4.45. The molecule has 164 valence electrons. The van der Waals surface area contributed by atoms with E-state index >= 15 is 0 Å². The summed E-state index contributed by atoms with van der Waals surface area (Å²) in [5.74, 6) is -0.300. The van der Waals surface area contributed by atoms with Gasteiger partial charge in [-0.2, -0.15) is 0 Å². The Morgan fingerprint density at radius 2 is 1.90 bits per heavy atom. The Hall–Kier alpha value is -2.44. The van der Waals surface area contributed by atoms with Crippen molar-refractivity contribution < 1.29 is 19.4 Å². The third-order valence-electron chi connectivity index (χ3n) is 5.67. The number of thiophene rings is 1. The number of aliphatic carboxylic acids is 1. The van der Waals surface area contributed by atoms with Gasteiger partial charge in [-0.15, -0.1) is 11.3 Å². The summed E-state index contributed by atoms with van der Waals surface area (Å²) in [6.45, 7) is 7.51. The highest BCUT2D eigenvalue weighted by atomic mass is 32.1. The molecule has 2 aromatic heterocycles. The highest BCUT2D eigenvalue weighted by molar-refractivity contribution is 7.19. The zero-order valence-electron chi connectivity index (χ0n) is 18.7. The van der Waals surface area contributed by atoms with Crippen molar-refractivity contribution >= 4 is 27.5 Å². The number of methoxy groups -OCH3 is 1. The molecule has 0 amide bonds. The topological polar surface area (TPSA) is 68.7 Å². The molecule has 1 N–H and O–H groups in total. The average molecular weight is 440 g/mol. The highest BCUT2D eigenvalue weighted by Gasteiger charge is 2.34. The molecule has 0 radical (unpaired) electrons. The molecule has 6 heteroatoms. The molecule has 1 unspecified atom stereocenters. The Labute approximate surface area is 187 Å². The van der Waals surface area contributed by atoms with Crippen LogP contribution in [-0.2, 0) is 22.4 Å². The third-order valence-corrected chi connectivity index (χ3v) is 6.85. The van der Waals surface area contributed by atoms with Gasteiger partial charge in [0, 0.05) is 32.6 Å². The first-order valence-electron chi connectivity index (χ1n) is 10.7. The molecule has 4 rings (SSSR count). The van der Waals surface area contributed by atoms with Crippen LogP contribution in [0.1, 0.15) is 61.4 Å². The number of carboxylic acids is 1. The molecule has 31 heavy (non-hydrogen) atoms. The minimum atomic E-state index is -1.13. The van der Waals surface area contributed by atoms with Crippen LogP contribution in [-0.4, -0.2) is 28.8 Å². The van der Waals surface area contributed by atoms with Crippen LogP contribution in [0.4, 0.5) is 0 Å². The van der Waals surface area contributed by atoms with Crippen LogP contribution in [0.3, 0.4) is 0 Å². The molecule has 1 aliphatic carbocycles. The molecule has 3 aromatic rings. The van der Waals surface area contributed by atoms with Crippen molar-refractivity contribution in [1.82, 2.24) is 4.98 Å². The van der Waals surface area contributed by atoms with Gasteiger partial charge in [-0.1, -0.05) is 18.2 Å². The number of aromatic nitrogens is 1. The van der Waals surface area contributed by atoms with E-state index in [9.17, 15) is 9.90 Å². The normalized spacial score (nSPS) is 15.0. The summed E-state index contributed by atoms with van der Waals surface area (Å²) in [4.78, 5) is 19.7. The molecule has 1 aromatic carbocycles. The summed E-state index contributed by atoms with van der Waals surface area (Å²) < 4.78 is 11.8. The molecule has 1 aliphatic rings. The zero-order valence-corrected chi connectivity index (χ0v) is 19.6. The van der Waals surface area contributed by atoms with E-state index in [0.717, 1.165) is 40.6 Å². The van der Waals surface area contributed by atoms with Crippen LogP contribution >= 0.6 is 11.3 Å². The van der Waals surface area contributed by atoms with E-state index in [1.165, 1.54) is 16.9 Å². The second kappa shape index (κ2) is 8.24. The quantitative estimate of drug-likeness (QED) is 0.520. The van der Waals surface area contributed by atoms with E-state index in [2.05, 4.69) is 0 Å². The third kappa shape index (κ3) is 4.06. The number of benzene rings is 1. The SMILES string of the molecule is COc1ccccc1-c1c(C(OC(C)(C)C)C(=O)O)c(C)nc2sc3c(c12)CCCC3. The maximum absolute atomic E-state index is 12.4. The van der Waals surface area contributed by atoms with Gasteiger partial charge in [0.05, 0.1) is 12.7 Å². The van der Waals surface area contributed by atoms with Crippen LogP contribution in [0, 0.1) is 6.92 Å². The van der Waals surface area contributed by atoms with Crippen molar-refractivity contribution in [2.24, 2.45) is 0 Å². The molecular weight excluding hydrogens is 410 g/mol. The lowest BCUT2D eigenvalue weighted by Gasteiger charge is -2.28. The molecule has 0 saturated heterocycles. The number of hydrogen-bond acceptors (Lipinski definition) is 5. The number of nitrogens with zero attached hydrogens (tertiary/aromatic N) is 1. The lowest BCUT2D eigenvalue weighted by atomic mass is 9.87. The Kier molecular flexibility index (Phi) is 5.79. The summed E-state index contributed by atoms with van der Waals surface area (Å²) in [6, 6.07) is 7.80. The molecule has 0 spiro atoms. The van der Waals surface area contributed by atoms with E-state index < -0.39 is 17.7 Å². The minimum Gasteiger partial charge on any atom is -0.496 e. The van der Waals surface area contributed by atoms with Crippen LogP contribution < -0.4 is 4.74 Å². The number of para-hydroxylation sites is 1. The molecular formula is C25H29NO4S. The van der Waals surface area contributed by atoms with Gasteiger partial charge in [-0.05, 0) is 65.0 Å². The second-order valence-corrected chi connectivity index (χ2v) is 10.1. The maximum Gasteiger partial charge on any atom is 0.337 e. The Morgan fingerprint density at radius 3 is 2.58 bits per heavy atom. The fraction of sp³-hybridized carbons (Fsp3) is 0.440. The predicted molar refractivity (Wildman–Crippen MR) is 124 cm³/mol. The summed E-state index contributed by atoms with van der Waals surface area (Å²) in [5, 5.41) is 11.3. The molecule has 5 nitrogen and oxygen atoms in total. The number of hydrogen-bond donors (Lipinski definition) is 1. The summed E-state index contributed by atoms with van der Waals surface area (Å²) in [6.07, 6.45) is 3.22. The largest absolute Gasteiger partial charge is 0.496 e. The van der Waals surface area contributed by atoms with Crippen molar-refractivity contribution in [3.05, 3.63) is 46.0 Å². The zero-order chi connectivity index (χ0) is 22.3. The number of rotatable bonds is 5. The molecule has 0 saturated carbocycles. The summed E-state index contributed by atoms with van der Waals surface area (Å²) >= 11 is 1.74. The number of pyridine rings is 1. The van der Waals surface area contributed by atoms with Gasteiger partial charge in [0.25, 0.3) is 0 Å². The summed E-state index contributed by atoms with van der Waals surface area (Å²) in [5.41, 5.74) is 3.74. The minimum absolute atomic E-state index is 0.616. The predicted octanol–water partition coefficient (Wildman–Crippen LogP) is 6.10. The highest BCUT2D eigenvalue weighted by Crippen LogP contribution is 2.47. The van der Waals surface area contributed by atoms with E-state index in [0.29, 0.717) is 17.0 Å². The van der Waals surface area contributed by atoms with E-state index in [1.807, 2.05) is 52.0 Å². The Balaban J connectivity index is 2.12. The Morgan fingerprint density at radius 1 is 1.19 bits per heavy atom. The fourth-order valence-corrected chi connectivity index (χ4v) is 5.77. The molecule has 0 bridgehead atoms. The summed E-state index contributed by atoms with van der Waals surface area (Å²) in [7, 11) is 1.65. The monoisotopic (exact) mass is 439 g/mol. The first-order valence-corrected chi connectivity index (χ1v) is 11.5. The van der Waals surface area contributed by atoms with Gasteiger partial charge >= 0.3 is 5.97 Å². The average Bonchev–Trinajstić information content (AvgIpc) is 3.08. The number of carbonyl (C=O) groups is 1. The molecule has 0 aliphatic heterocycles. The lowest BCUT2D eigenvalue weighted by molar-refractivity contribution is -0.160. The van der Waals surface area contributed by atoms with Crippen molar-refractivity contribution in [3.8, 4) is 16.9 Å². The Bertz CT molecular complexity index is 1140. The van der Waals surface area contributed by atoms with Crippen LogP contribution in [0.5, 0.6) is 5.75 Å². The molecule has 0 fully saturated rings. The standard InChI is InChI=1S/C25H29NO4S/c1-14-19(22(24(27)28)30-25(2,3)4)20(15-10-6-8-12-17(15)29-5)21-16-11-7-9-13-18(16)31-23(21)26-14/h6,8,10,12,22H,7,9,11,13H2,1-5H3,(H,27,28). The van der Waals surface area contributed by atoms with Crippen LogP contribution in [0.25, 0.3) is 21.3 Å². The van der Waals surface area contributed by atoms with Gasteiger partial charge in [-0.25, -0.2) is 9.78 Å². The van der Waals surface area contributed by atoms with Gasteiger partial charge in [0.15, 0.2) is 6.10 Å². The van der Waals surface area contributed by atoms with Gasteiger partial charge in [0.1, 0.15) is 10.6 Å². The number of ether oxygens (including phenoxy) is 2. The van der Waals surface area contributed by atoms with Crippen molar-refractivity contribution in [3.63, 3.8) is 0 Å². The number of carboxylic acid groups (broad SMARTS) is 1. The van der Waals surface area contributed by atoms with Gasteiger partial charge in [-0.3, -0.25) is 0 Å². The smallest absolute Gasteiger partial charge is 0.337 e. The van der Waals surface area contributed by atoms with E-state index in [4.69, 9.17) is 14.5 Å². The van der Waals surface area contributed by atoms with Crippen molar-refractivity contribution in [2.45, 2.75) is 65.1 Å². The maximum atomic E-state index is 12.4. The number of aryl methyl sites for hydroxylation is 3. The number of fused-ring (bicyclic) bond motifs is 3. The second-order valence-electron chi connectivity index (χ2n) is 9.03. The van der Waals surface area contributed by atoms with Crippen molar-refractivity contribution in [2.75, 3.05) is 7.11 Å². The molecule has 1 atom stereocenters. The van der Waals surface area contributed by atoms with Crippen LogP contribution in [0.15, 0.2) is 24.3 Å². The van der Waals surface area contributed by atoms with Gasteiger partial charge < -0.3 is 14.6 Å². The van der Waals surface area contributed by atoms with Gasteiger partial charge in [0.2, 0.25) is 0 Å².